The minimum Gasteiger partial charge on any atom is -0.332 e. The van der Waals surface area contributed by atoms with Gasteiger partial charge < -0.3 is 4.90 Å². The first-order chi connectivity index (χ1) is 6.45. The normalized spacial score (nSPS) is 24.5. The average molecular weight is 197 g/mol. The minimum atomic E-state index is -0.215. The van der Waals surface area contributed by atoms with Crippen molar-refractivity contribution >= 4 is 11.7 Å². The van der Waals surface area contributed by atoms with Crippen molar-refractivity contribution in [2.24, 2.45) is 11.8 Å². The Bertz CT molecular complexity index is 248. The van der Waals surface area contributed by atoms with Crippen LogP contribution in [0.25, 0.3) is 0 Å². The lowest BCUT2D eigenvalue weighted by molar-refractivity contribution is -0.139. The second-order valence-corrected chi connectivity index (χ2v) is 4.52. The number of ketones is 1. The van der Waals surface area contributed by atoms with E-state index in [4.69, 9.17) is 0 Å². The van der Waals surface area contributed by atoms with Crippen LogP contribution in [0.4, 0.5) is 0 Å². The first-order valence-electron chi connectivity index (χ1n) is 5.26. The Hall–Kier alpha value is -0.860. The van der Waals surface area contributed by atoms with Gasteiger partial charge >= 0.3 is 0 Å². The number of carbonyl (C=O) groups is 2. The Balaban J connectivity index is 2.80. The van der Waals surface area contributed by atoms with Crippen molar-refractivity contribution in [3.8, 4) is 0 Å². The zero-order valence-corrected chi connectivity index (χ0v) is 9.41. The third kappa shape index (κ3) is 1.97. The topological polar surface area (TPSA) is 37.4 Å². The zero-order chi connectivity index (χ0) is 10.9. The van der Waals surface area contributed by atoms with E-state index in [-0.39, 0.29) is 29.6 Å². The molecule has 0 aromatic heterocycles. The molecule has 14 heavy (non-hydrogen) atoms. The van der Waals surface area contributed by atoms with Crippen LogP contribution in [0, 0.1) is 11.8 Å². The quantitative estimate of drug-likeness (QED) is 0.687. The minimum absolute atomic E-state index is 0.0931. The summed E-state index contributed by atoms with van der Waals surface area (Å²) < 4.78 is 0. The first-order valence-corrected chi connectivity index (χ1v) is 5.26. The van der Waals surface area contributed by atoms with E-state index in [1.807, 2.05) is 20.8 Å². The molecule has 2 unspecified atom stereocenters. The van der Waals surface area contributed by atoms with Crippen molar-refractivity contribution in [2.75, 3.05) is 6.54 Å². The van der Waals surface area contributed by atoms with E-state index in [2.05, 4.69) is 0 Å². The molecule has 3 heteroatoms. The lowest BCUT2D eigenvalue weighted by Gasteiger charge is -2.29. The number of nitrogens with zero attached hydrogens (tertiary/aromatic N) is 1. The number of carbonyl (C=O) groups excluding carboxylic acids is 2. The molecule has 1 fully saturated rings. The van der Waals surface area contributed by atoms with Gasteiger partial charge in [-0.25, -0.2) is 0 Å². The Morgan fingerprint density at radius 2 is 2.07 bits per heavy atom. The van der Waals surface area contributed by atoms with Gasteiger partial charge in [0.1, 0.15) is 0 Å². The predicted molar refractivity (Wildman–Crippen MR) is 54.8 cm³/mol. The molecule has 2 atom stereocenters. The second-order valence-electron chi connectivity index (χ2n) is 4.52. The van der Waals surface area contributed by atoms with Crippen LogP contribution in [0.1, 0.15) is 34.1 Å². The third-order valence-corrected chi connectivity index (χ3v) is 2.89. The van der Waals surface area contributed by atoms with E-state index < -0.39 is 0 Å². The largest absolute Gasteiger partial charge is 0.332 e. The molecule has 1 aliphatic heterocycles. The Labute approximate surface area is 85.5 Å². The summed E-state index contributed by atoms with van der Waals surface area (Å²) in [4.78, 5) is 24.9. The van der Waals surface area contributed by atoms with Crippen LogP contribution < -0.4 is 0 Å². The van der Waals surface area contributed by atoms with Gasteiger partial charge in [0.15, 0.2) is 5.78 Å². The molecule has 1 amide bonds. The molecule has 3 nitrogen and oxygen atoms in total. The maximum atomic E-state index is 11.7. The van der Waals surface area contributed by atoms with E-state index in [1.165, 1.54) is 0 Å². The fourth-order valence-electron chi connectivity index (χ4n) is 2.17. The zero-order valence-electron chi connectivity index (χ0n) is 9.41. The summed E-state index contributed by atoms with van der Waals surface area (Å²) in [7, 11) is 0. The molecule has 1 rings (SSSR count). The Morgan fingerprint density at radius 1 is 1.50 bits per heavy atom. The van der Waals surface area contributed by atoms with Crippen molar-refractivity contribution in [3.63, 3.8) is 0 Å². The highest BCUT2D eigenvalue weighted by Gasteiger charge is 2.36. The predicted octanol–water partition coefficient (Wildman–Crippen LogP) is 1.47. The van der Waals surface area contributed by atoms with Crippen molar-refractivity contribution < 1.29 is 9.59 Å². The fraction of sp³-hybridized carbons (Fsp3) is 0.818. The highest BCUT2D eigenvalue weighted by molar-refractivity contribution is 5.89. The van der Waals surface area contributed by atoms with Crippen LogP contribution in [0.3, 0.4) is 0 Å². The van der Waals surface area contributed by atoms with Crippen LogP contribution in [0.2, 0.25) is 0 Å². The van der Waals surface area contributed by atoms with Crippen LogP contribution in [-0.4, -0.2) is 29.2 Å². The van der Waals surface area contributed by atoms with E-state index in [9.17, 15) is 9.59 Å². The van der Waals surface area contributed by atoms with E-state index in [1.54, 1.807) is 11.8 Å². The molecule has 0 bridgehead atoms. The van der Waals surface area contributed by atoms with Crippen molar-refractivity contribution in [3.05, 3.63) is 0 Å². The monoisotopic (exact) mass is 197 g/mol. The highest BCUT2D eigenvalue weighted by atomic mass is 16.2. The molecule has 1 heterocycles. The second kappa shape index (κ2) is 4.11. The van der Waals surface area contributed by atoms with Crippen LogP contribution in [0.15, 0.2) is 0 Å². The van der Waals surface area contributed by atoms with Crippen molar-refractivity contribution in [1.29, 1.82) is 0 Å². The summed E-state index contributed by atoms with van der Waals surface area (Å²) in [6.45, 7) is 8.22. The number of hydrogen-bond acceptors (Lipinski definition) is 2. The van der Waals surface area contributed by atoms with Gasteiger partial charge in [0.2, 0.25) is 5.91 Å². The van der Waals surface area contributed by atoms with Crippen molar-refractivity contribution in [2.45, 2.75) is 40.2 Å². The summed E-state index contributed by atoms with van der Waals surface area (Å²) in [5, 5.41) is 0. The van der Waals surface area contributed by atoms with Gasteiger partial charge in [-0.15, -0.1) is 0 Å². The lowest BCUT2D eigenvalue weighted by Crippen LogP contribution is -2.45. The summed E-state index contributed by atoms with van der Waals surface area (Å²) in [5.74, 6) is 0.540. The average Bonchev–Trinajstić information content (AvgIpc) is 2.35. The Kier molecular flexibility index (Phi) is 3.29. The molecule has 0 N–H and O–H groups in total. The van der Waals surface area contributed by atoms with Crippen LogP contribution in [-0.2, 0) is 9.59 Å². The van der Waals surface area contributed by atoms with Gasteiger partial charge in [-0.05, 0) is 19.3 Å². The molecule has 0 spiro atoms. The van der Waals surface area contributed by atoms with E-state index in [0.717, 1.165) is 13.0 Å². The molecule has 0 aliphatic carbocycles. The Morgan fingerprint density at radius 3 is 2.36 bits per heavy atom. The van der Waals surface area contributed by atoms with Gasteiger partial charge in [0, 0.05) is 12.5 Å². The molecular formula is C11H19NO2. The van der Waals surface area contributed by atoms with Crippen LogP contribution >= 0.6 is 0 Å². The summed E-state index contributed by atoms with van der Waals surface area (Å²) in [6.07, 6.45) is 0.884. The standard InChI is InChI=1S/C11H19NO2/c1-7(2)10(9(4)13)12-6-5-8(3)11(12)14/h7-8,10H,5-6H2,1-4H3. The van der Waals surface area contributed by atoms with Gasteiger partial charge in [0.25, 0.3) is 0 Å². The molecule has 0 aromatic carbocycles. The SMILES string of the molecule is CC(=O)C(C(C)C)N1CCC(C)C1=O. The molecular weight excluding hydrogens is 178 g/mol. The van der Waals surface area contributed by atoms with Gasteiger partial charge in [-0.1, -0.05) is 20.8 Å². The molecule has 1 saturated heterocycles. The summed E-state index contributed by atoms with van der Waals surface area (Å²) >= 11 is 0. The molecule has 0 radical (unpaired) electrons. The number of amides is 1. The van der Waals surface area contributed by atoms with Gasteiger partial charge in [-0.2, -0.15) is 0 Å². The lowest BCUT2D eigenvalue weighted by atomic mass is 9.99. The molecule has 0 aromatic rings. The summed E-state index contributed by atoms with van der Waals surface area (Å²) in [6, 6.07) is -0.215. The molecule has 1 aliphatic rings. The van der Waals surface area contributed by atoms with Crippen LogP contribution in [0.5, 0.6) is 0 Å². The maximum Gasteiger partial charge on any atom is 0.226 e. The van der Waals surface area contributed by atoms with E-state index in [0.29, 0.717) is 0 Å². The third-order valence-electron chi connectivity index (χ3n) is 2.89. The van der Waals surface area contributed by atoms with Gasteiger partial charge in [-0.3, -0.25) is 9.59 Å². The fourth-order valence-corrected chi connectivity index (χ4v) is 2.17. The number of hydrogen-bond donors (Lipinski definition) is 0. The summed E-state index contributed by atoms with van der Waals surface area (Å²) in [5.41, 5.74) is 0. The molecule has 0 saturated carbocycles. The molecule has 80 valence electrons. The van der Waals surface area contributed by atoms with Crippen molar-refractivity contribution in [1.82, 2.24) is 4.90 Å². The van der Waals surface area contributed by atoms with Gasteiger partial charge in [0.05, 0.1) is 6.04 Å². The first kappa shape index (κ1) is 11.2. The number of likely N-dealkylation sites (tertiary alicyclic amines) is 1. The maximum absolute atomic E-state index is 11.7. The highest BCUT2D eigenvalue weighted by Crippen LogP contribution is 2.23. The number of Topliss-reactive ketones (excluding diaryl/α,β-unsaturated/α-hetero) is 1. The number of rotatable bonds is 3. The van der Waals surface area contributed by atoms with E-state index >= 15 is 0 Å². The smallest absolute Gasteiger partial charge is 0.226 e.